The lowest BCUT2D eigenvalue weighted by molar-refractivity contribution is -0.119. The first-order valence-corrected chi connectivity index (χ1v) is 8.91. The van der Waals surface area contributed by atoms with Gasteiger partial charge in [-0.25, -0.2) is 0 Å². The summed E-state index contributed by atoms with van der Waals surface area (Å²) in [5.74, 6) is 3.33. The average Bonchev–Trinajstić information content (AvgIpc) is 2.74. The number of allylic oxidation sites excluding steroid dienone is 2. The van der Waals surface area contributed by atoms with Gasteiger partial charge in [-0.15, -0.1) is 0 Å². The van der Waals surface area contributed by atoms with E-state index in [4.69, 9.17) is 0 Å². The zero-order valence-corrected chi connectivity index (χ0v) is 13.4. The number of aliphatic hydroxyl groups is 1. The first-order valence-electron chi connectivity index (χ1n) is 8.91. The molecule has 4 aliphatic carbocycles. The summed E-state index contributed by atoms with van der Waals surface area (Å²) in [4.78, 5) is 11.8. The van der Waals surface area contributed by atoms with Gasteiger partial charge in [-0.05, 0) is 67.6 Å². The number of hydrogen-bond donors (Lipinski definition) is 1. The number of ketones is 1. The van der Waals surface area contributed by atoms with Crippen molar-refractivity contribution in [3.63, 3.8) is 0 Å². The van der Waals surface area contributed by atoms with Gasteiger partial charge < -0.3 is 5.11 Å². The monoisotopic (exact) mass is 288 g/mol. The van der Waals surface area contributed by atoms with Gasteiger partial charge in [0, 0.05) is 12.8 Å². The van der Waals surface area contributed by atoms with E-state index < -0.39 is 0 Å². The number of rotatable bonds is 0. The summed E-state index contributed by atoms with van der Waals surface area (Å²) in [7, 11) is 0. The summed E-state index contributed by atoms with van der Waals surface area (Å²) >= 11 is 0. The summed E-state index contributed by atoms with van der Waals surface area (Å²) in [5, 5.41) is 10.5. The second kappa shape index (κ2) is 4.68. The molecule has 2 fully saturated rings. The molecule has 0 bridgehead atoms. The fourth-order valence-corrected chi connectivity index (χ4v) is 6.43. The Morgan fingerprint density at radius 2 is 2.00 bits per heavy atom. The molecule has 0 aliphatic heterocycles. The Balaban J connectivity index is 1.70. The lowest BCUT2D eigenvalue weighted by Gasteiger charge is -2.53. The van der Waals surface area contributed by atoms with Crippen molar-refractivity contribution in [2.24, 2.45) is 29.1 Å². The topological polar surface area (TPSA) is 37.3 Å². The highest BCUT2D eigenvalue weighted by atomic mass is 16.3. The molecular weight excluding hydrogens is 260 g/mol. The van der Waals surface area contributed by atoms with Gasteiger partial charge in [-0.3, -0.25) is 4.79 Å². The minimum Gasteiger partial charge on any atom is -0.393 e. The smallest absolute Gasteiger partial charge is 0.137 e. The number of Topliss-reactive ketones (excluding diaryl/α,β-unsaturated/α-hetero) is 1. The van der Waals surface area contributed by atoms with Crippen LogP contribution in [0.25, 0.3) is 0 Å². The predicted octanol–water partition coefficient (Wildman–Crippen LogP) is 3.88. The van der Waals surface area contributed by atoms with Crippen LogP contribution < -0.4 is 0 Å². The second-order valence-electron chi connectivity index (χ2n) is 8.45. The van der Waals surface area contributed by atoms with Crippen molar-refractivity contribution in [2.45, 2.75) is 71.3 Å². The van der Waals surface area contributed by atoms with Crippen molar-refractivity contribution < 1.29 is 9.90 Å². The maximum atomic E-state index is 11.8. The van der Waals surface area contributed by atoms with E-state index in [1.165, 1.54) is 24.8 Å². The molecule has 21 heavy (non-hydrogen) atoms. The number of hydrogen-bond acceptors (Lipinski definition) is 2. The van der Waals surface area contributed by atoms with Crippen LogP contribution in [0.3, 0.4) is 0 Å². The Hall–Kier alpha value is -0.630. The zero-order valence-electron chi connectivity index (χ0n) is 13.4. The summed E-state index contributed by atoms with van der Waals surface area (Å²) in [6.07, 6.45) is 8.25. The molecule has 6 atom stereocenters. The second-order valence-corrected chi connectivity index (χ2v) is 8.45. The van der Waals surface area contributed by atoms with Crippen molar-refractivity contribution in [1.82, 2.24) is 0 Å². The molecule has 2 heteroatoms. The van der Waals surface area contributed by atoms with Crippen molar-refractivity contribution >= 4 is 5.78 Å². The van der Waals surface area contributed by atoms with Crippen LogP contribution in [0.2, 0.25) is 0 Å². The Labute approximate surface area is 128 Å². The van der Waals surface area contributed by atoms with E-state index in [0.29, 0.717) is 17.6 Å². The Bertz CT molecular complexity index is 506. The maximum Gasteiger partial charge on any atom is 0.137 e. The predicted molar refractivity (Wildman–Crippen MR) is 82.7 cm³/mol. The summed E-state index contributed by atoms with van der Waals surface area (Å²) < 4.78 is 0. The highest BCUT2D eigenvalue weighted by molar-refractivity contribution is 5.82. The van der Waals surface area contributed by atoms with Crippen LogP contribution in [0.15, 0.2) is 11.1 Å². The molecule has 2 nitrogen and oxygen atoms in total. The van der Waals surface area contributed by atoms with Gasteiger partial charge in [0.15, 0.2) is 0 Å². The van der Waals surface area contributed by atoms with E-state index in [2.05, 4.69) is 13.8 Å². The van der Waals surface area contributed by atoms with E-state index in [0.717, 1.165) is 43.9 Å². The summed E-state index contributed by atoms with van der Waals surface area (Å²) in [6.45, 7) is 4.74. The fraction of sp³-hybridized carbons (Fsp3) is 0.842. The van der Waals surface area contributed by atoms with Gasteiger partial charge in [0.25, 0.3) is 0 Å². The van der Waals surface area contributed by atoms with Gasteiger partial charge >= 0.3 is 0 Å². The number of fused-ring (bicyclic) bond motifs is 4. The van der Waals surface area contributed by atoms with Crippen molar-refractivity contribution in [3.05, 3.63) is 11.1 Å². The molecule has 1 N–H and O–H groups in total. The van der Waals surface area contributed by atoms with E-state index in [1.807, 2.05) is 0 Å². The van der Waals surface area contributed by atoms with E-state index in [9.17, 15) is 9.90 Å². The lowest BCUT2D eigenvalue weighted by atomic mass is 9.52. The average molecular weight is 288 g/mol. The van der Waals surface area contributed by atoms with Gasteiger partial charge in [-0.1, -0.05) is 25.0 Å². The van der Waals surface area contributed by atoms with Gasteiger partial charge in [0.2, 0.25) is 0 Å². The quantitative estimate of drug-likeness (QED) is 0.687. The van der Waals surface area contributed by atoms with E-state index in [1.54, 1.807) is 5.57 Å². The van der Waals surface area contributed by atoms with Crippen molar-refractivity contribution in [2.75, 3.05) is 0 Å². The lowest BCUT2D eigenvalue weighted by Crippen LogP contribution is -2.47. The molecule has 0 unspecified atom stereocenters. The maximum absolute atomic E-state index is 11.8. The minimum absolute atomic E-state index is 0.0843. The minimum atomic E-state index is -0.0843. The van der Waals surface area contributed by atoms with E-state index in [-0.39, 0.29) is 11.5 Å². The molecular formula is C19H28O2. The molecule has 0 saturated heterocycles. The van der Waals surface area contributed by atoms with Crippen LogP contribution in [0.1, 0.15) is 65.2 Å². The molecule has 0 heterocycles. The molecule has 4 rings (SSSR count). The number of carbonyl (C=O) groups excluding carboxylic acids is 1. The van der Waals surface area contributed by atoms with E-state index >= 15 is 0 Å². The molecule has 0 spiro atoms. The third-order valence-corrected chi connectivity index (χ3v) is 7.49. The Morgan fingerprint density at radius 1 is 1.19 bits per heavy atom. The molecule has 0 amide bonds. The first kappa shape index (κ1) is 14.0. The van der Waals surface area contributed by atoms with Crippen LogP contribution in [0, 0.1) is 29.1 Å². The largest absolute Gasteiger partial charge is 0.393 e. The fourth-order valence-electron chi connectivity index (χ4n) is 6.43. The molecule has 4 aliphatic rings. The molecule has 116 valence electrons. The van der Waals surface area contributed by atoms with Gasteiger partial charge in [0.1, 0.15) is 5.78 Å². The van der Waals surface area contributed by atoms with Crippen molar-refractivity contribution in [1.29, 1.82) is 0 Å². The highest BCUT2D eigenvalue weighted by Crippen LogP contribution is 2.62. The van der Waals surface area contributed by atoms with Crippen LogP contribution in [-0.2, 0) is 4.79 Å². The Morgan fingerprint density at radius 3 is 2.81 bits per heavy atom. The van der Waals surface area contributed by atoms with Gasteiger partial charge in [0.05, 0.1) is 6.10 Å². The third kappa shape index (κ3) is 1.91. The van der Waals surface area contributed by atoms with Crippen molar-refractivity contribution in [3.8, 4) is 0 Å². The molecule has 0 aromatic heterocycles. The zero-order chi connectivity index (χ0) is 14.8. The third-order valence-electron chi connectivity index (χ3n) is 7.49. The normalized spacial score (nSPS) is 49.7. The molecule has 0 radical (unpaired) electrons. The highest BCUT2D eigenvalue weighted by Gasteiger charge is 2.56. The van der Waals surface area contributed by atoms with Gasteiger partial charge in [-0.2, -0.15) is 0 Å². The number of carbonyl (C=O) groups is 1. The van der Waals surface area contributed by atoms with Crippen LogP contribution in [0.5, 0.6) is 0 Å². The standard InChI is InChI=1S/C19H28O2/c1-11-9-12-10-13(20)3-4-14(12)15-7-8-19(2)16(18(11)15)5-6-17(19)21/h11,15-18,21H,3-10H2,1-2H3/t11-,15+,16-,17-,18+,19-/m0/s1. The summed E-state index contributed by atoms with van der Waals surface area (Å²) in [6, 6.07) is 0. The number of aliphatic hydroxyl groups excluding tert-OH is 1. The molecule has 0 aromatic rings. The van der Waals surface area contributed by atoms with Crippen LogP contribution >= 0.6 is 0 Å². The van der Waals surface area contributed by atoms with Crippen LogP contribution in [0.4, 0.5) is 0 Å². The molecule has 2 saturated carbocycles. The SMILES string of the molecule is C[C@H]1CC2=C(CCC(=O)C2)[C@H]2CC[C@]3(C)[C@@H](O)CC[C@H]3[C@@H]21. The summed E-state index contributed by atoms with van der Waals surface area (Å²) in [5.41, 5.74) is 3.33. The van der Waals surface area contributed by atoms with Crippen LogP contribution in [-0.4, -0.2) is 17.0 Å². The Kier molecular flexibility index (Phi) is 3.12. The molecule has 0 aromatic carbocycles. The first-order chi connectivity index (χ1) is 10.0.